The SMILES string of the molecule is Cn1c(CCC(=O)NCCCCn2ccnc2)nc2cc(S(=O)(=O)N3CCCCC3)ccc21. The number of carbonyl (C=O) groups excluding carboxylic acids is 1. The summed E-state index contributed by atoms with van der Waals surface area (Å²) in [7, 11) is -1.60. The minimum atomic E-state index is -3.50. The zero-order valence-electron chi connectivity index (χ0n) is 19.1. The Balaban J connectivity index is 1.31. The first kappa shape index (κ1) is 23.4. The van der Waals surface area contributed by atoms with Crippen LogP contribution in [-0.4, -0.2) is 57.4 Å². The summed E-state index contributed by atoms with van der Waals surface area (Å²) < 4.78 is 31.5. The van der Waals surface area contributed by atoms with Gasteiger partial charge in [-0.15, -0.1) is 0 Å². The summed E-state index contributed by atoms with van der Waals surface area (Å²) in [4.78, 5) is 21.2. The van der Waals surface area contributed by atoms with Crippen molar-refractivity contribution < 1.29 is 13.2 Å². The first-order valence-corrected chi connectivity index (χ1v) is 13.1. The molecule has 0 unspecified atom stereocenters. The largest absolute Gasteiger partial charge is 0.356 e. The second-order valence-corrected chi connectivity index (χ2v) is 10.5. The highest BCUT2D eigenvalue weighted by atomic mass is 32.2. The summed E-state index contributed by atoms with van der Waals surface area (Å²) in [6.07, 6.45) is 11.1. The Morgan fingerprint density at radius 3 is 2.73 bits per heavy atom. The number of aromatic nitrogens is 4. The average molecular weight is 473 g/mol. The molecule has 10 heteroatoms. The number of nitrogens with zero attached hydrogens (tertiary/aromatic N) is 5. The molecular formula is C23H32N6O3S. The number of rotatable bonds is 10. The fourth-order valence-electron chi connectivity index (χ4n) is 4.25. The van der Waals surface area contributed by atoms with Crippen molar-refractivity contribution in [1.82, 2.24) is 28.7 Å². The lowest BCUT2D eigenvalue weighted by Gasteiger charge is -2.25. The van der Waals surface area contributed by atoms with E-state index >= 15 is 0 Å². The Labute approximate surface area is 194 Å². The van der Waals surface area contributed by atoms with Gasteiger partial charge in [-0.05, 0) is 43.9 Å². The van der Waals surface area contributed by atoms with Gasteiger partial charge in [0.1, 0.15) is 5.82 Å². The number of nitrogens with one attached hydrogen (secondary N) is 1. The molecule has 0 aliphatic carbocycles. The van der Waals surface area contributed by atoms with Crippen LogP contribution in [0.3, 0.4) is 0 Å². The number of hydrogen-bond donors (Lipinski definition) is 1. The third-order valence-corrected chi connectivity index (χ3v) is 8.09. The standard InChI is InChI=1S/C23H32N6O3S/c1-27-21-8-7-19(33(31,32)29-14-4-2-5-15-29)17-20(21)26-22(27)9-10-23(30)25-11-3-6-13-28-16-12-24-18-28/h7-8,12,16-18H,2-6,9-11,13-15H2,1H3,(H,25,30). The second-order valence-electron chi connectivity index (χ2n) is 8.56. The number of fused-ring (bicyclic) bond motifs is 1. The molecule has 0 atom stereocenters. The molecule has 178 valence electrons. The predicted octanol–water partition coefficient (Wildman–Crippen LogP) is 2.47. The van der Waals surface area contributed by atoms with E-state index in [1.165, 1.54) is 0 Å². The van der Waals surface area contributed by atoms with Crippen molar-refractivity contribution in [3.8, 4) is 0 Å². The summed E-state index contributed by atoms with van der Waals surface area (Å²) in [6.45, 7) is 2.69. The van der Waals surface area contributed by atoms with Gasteiger partial charge in [-0.25, -0.2) is 18.4 Å². The van der Waals surface area contributed by atoms with Crippen LogP contribution in [0.5, 0.6) is 0 Å². The van der Waals surface area contributed by atoms with Crippen LogP contribution < -0.4 is 5.32 Å². The van der Waals surface area contributed by atoms with E-state index in [0.29, 0.717) is 38.0 Å². The van der Waals surface area contributed by atoms with Crippen LogP contribution in [0.15, 0.2) is 41.8 Å². The molecule has 0 radical (unpaired) electrons. The monoisotopic (exact) mass is 472 g/mol. The van der Waals surface area contributed by atoms with Gasteiger partial charge in [0, 0.05) is 58.5 Å². The topological polar surface area (TPSA) is 102 Å². The van der Waals surface area contributed by atoms with Gasteiger partial charge in [-0.1, -0.05) is 6.42 Å². The molecule has 3 heterocycles. The number of sulfonamides is 1. The fraction of sp³-hybridized carbons (Fsp3) is 0.522. The third-order valence-electron chi connectivity index (χ3n) is 6.20. The first-order valence-electron chi connectivity index (χ1n) is 11.6. The fourth-order valence-corrected chi connectivity index (χ4v) is 5.79. The molecule has 1 saturated heterocycles. The van der Waals surface area contributed by atoms with Crippen molar-refractivity contribution in [2.45, 2.75) is 56.4 Å². The molecule has 1 aromatic carbocycles. The van der Waals surface area contributed by atoms with Gasteiger partial charge in [0.2, 0.25) is 15.9 Å². The van der Waals surface area contributed by atoms with E-state index in [2.05, 4.69) is 15.3 Å². The van der Waals surface area contributed by atoms with E-state index in [-0.39, 0.29) is 10.8 Å². The minimum Gasteiger partial charge on any atom is -0.356 e. The van der Waals surface area contributed by atoms with Crippen LogP contribution in [0.1, 0.15) is 44.3 Å². The van der Waals surface area contributed by atoms with Crippen LogP contribution in [0.25, 0.3) is 11.0 Å². The zero-order chi connectivity index (χ0) is 23.3. The second kappa shape index (κ2) is 10.5. The lowest BCUT2D eigenvalue weighted by Crippen LogP contribution is -2.35. The van der Waals surface area contributed by atoms with Gasteiger partial charge in [-0.2, -0.15) is 4.31 Å². The summed E-state index contributed by atoms with van der Waals surface area (Å²) in [5.74, 6) is 0.769. The van der Waals surface area contributed by atoms with Gasteiger partial charge in [0.05, 0.1) is 22.3 Å². The molecule has 1 N–H and O–H groups in total. The molecule has 1 aliphatic heterocycles. The van der Waals surface area contributed by atoms with Crippen molar-refractivity contribution in [2.24, 2.45) is 7.05 Å². The molecule has 1 aliphatic rings. The van der Waals surface area contributed by atoms with Crippen molar-refractivity contribution in [3.63, 3.8) is 0 Å². The molecule has 2 aromatic heterocycles. The molecule has 9 nitrogen and oxygen atoms in total. The maximum atomic E-state index is 13.0. The quantitative estimate of drug-likeness (QED) is 0.457. The van der Waals surface area contributed by atoms with E-state index < -0.39 is 10.0 Å². The number of aryl methyl sites for hydroxylation is 3. The number of amides is 1. The summed E-state index contributed by atoms with van der Waals surface area (Å²) in [6, 6.07) is 5.13. The average Bonchev–Trinajstić information content (AvgIpc) is 3.45. The van der Waals surface area contributed by atoms with E-state index in [1.54, 1.807) is 29.0 Å². The summed E-state index contributed by atoms with van der Waals surface area (Å²) >= 11 is 0. The third kappa shape index (κ3) is 5.62. The van der Waals surface area contributed by atoms with Gasteiger partial charge >= 0.3 is 0 Å². The molecule has 0 spiro atoms. The molecular weight excluding hydrogens is 440 g/mol. The number of carbonyl (C=O) groups is 1. The number of benzene rings is 1. The highest BCUT2D eigenvalue weighted by Gasteiger charge is 2.26. The van der Waals surface area contributed by atoms with Gasteiger partial charge < -0.3 is 14.5 Å². The Bertz CT molecular complexity index is 1180. The van der Waals surface area contributed by atoms with Crippen molar-refractivity contribution >= 4 is 27.0 Å². The van der Waals surface area contributed by atoms with E-state index in [4.69, 9.17) is 0 Å². The highest BCUT2D eigenvalue weighted by Crippen LogP contribution is 2.24. The zero-order valence-corrected chi connectivity index (χ0v) is 19.9. The maximum Gasteiger partial charge on any atom is 0.243 e. The smallest absolute Gasteiger partial charge is 0.243 e. The number of hydrogen-bond acceptors (Lipinski definition) is 5. The molecule has 1 fully saturated rings. The lowest BCUT2D eigenvalue weighted by molar-refractivity contribution is -0.121. The molecule has 1 amide bonds. The predicted molar refractivity (Wildman–Crippen MR) is 126 cm³/mol. The van der Waals surface area contributed by atoms with E-state index in [1.807, 2.05) is 28.4 Å². The van der Waals surface area contributed by atoms with Gasteiger partial charge in [0.15, 0.2) is 0 Å². The summed E-state index contributed by atoms with van der Waals surface area (Å²) in [5.41, 5.74) is 1.51. The molecule has 33 heavy (non-hydrogen) atoms. The Morgan fingerprint density at radius 2 is 1.97 bits per heavy atom. The van der Waals surface area contributed by atoms with Crippen molar-refractivity contribution in [2.75, 3.05) is 19.6 Å². The molecule has 0 saturated carbocycles. The van der Waals surface area contributed by atoms with Gasteiger partial charge in [0.25, 0.3) is 0 Å². The van der Waals surface area contributed by atoms with Crippen LogP contribution >= 0.6 is 0 Å². The van der Waals surface area contributed by atoms with Gasteiger partial charge in [-0.3, -0.25) is 4.79 Å². The molecule has 4 rings (SSSR count). The number of imidazole rings is 2. The van der Waals surface area contributed by atoms with E-state index in [0.717, 1.165) is 50.0 Å². The van der Waals surface area contributed by atoms with Crippen molar-refractivity contribution in [1.29, 1.82) is 0 Å². The van der Waals surface area contributed by atoms with Crippen molar-refractivity contribution in [3.05, 3.63) is 42.7 Å². The molecule has 0 bridgehead atoms. The highest BCUT2D eigenvalue weighted by molar-refractivity contribution is 7.89. The Kier molecular flexibility index (Phi) is 7.44. The first-order chi connectivity index (χ1) is 15.9. The van der Waals surface area contributed by atoms with E-state index in [9.17, 15) is 13.2 Å². The van der Waals surface area contributed by atoms with Crippen LogP contribution in [0.4, 0.5) is 0 Å². The maximum absolute atomic E-state index is 13.0. The molecule has 3 aromatic rings. The van der Waals surface area contributed by atoms with Crippen LogP contribution in [-0.2, 0) is 34.8 Å². The Morgan fingerprint density at radius 1 is 1.15 bits per heavy atom. The minimum absolute atomic E-state index is 0.00180. The van der Waals surface area contributed by atoms with Crippen LogP contribution in [0, 0.1) is 0 Å². The van der Waals surface area contributed by atoms with Crippen LogP contribution in [0.2, 0.25) is 0 Å². The Hall–Kier alpha value is -2.72. The normalized spacial score (nSPS) is 15.2. The number of piperidine rings is 1. The lowest BCUT2D eigenvalue weighted by atomic mass is 10.2. The summed E-state index contributed by atoms with van der Waals surface area (Å²) in [5, 5.41) is 2.97. The number of unbranched alkanes of at least 4 members (excludes halogenated alkanes) is 1.